The first-order chi connectivity index (χ1) is 21.7. The molecule has 46 heavy (non-hydrogen) atoms. The number of aromatic nitrogens is 3. The quantitative estimate of drug-likeness (QED) is 0.152. The highest BCUT2D eigenvalue weighted by atomic mass is 19.4. The minimum atomic E-state index is -4.59. The number of hydrogen-bond donors (Lipinski definition) is 3. The summed E-state index contributed by atoms with van der Waals surface area (Å²) in [7, 11) is 0. The molecule has 0 unspecified atom stereocenters. The first-order valence-corrected chi connectivity index (χ1v) is 14.2. The summed E-state index contributed by atoms with van der Waals surface area (Å²) in [6, 6.07) is 20.6. The molecule has 0 saturated heterocycles. The third kappa shape index (κ3) is 8.58. The zero-order valence-corrected chi connectivity index (χ0v) is 25.1. The third-order valence-corrected chi connectivity index (χ3v) is 6.48. The fourth-order valence-electron chi connectivity index (χ4n) is 4.42. The van der Waals surface area contributed by atoms with E-state index in [0.717, 1.165) is 11.1 Å². The number of pyridine rings is 1. The van der Waals surface area contributed by atoms with Crippen LogP contribution in [0.25, 0.3) is 16.8 Å². The van der Waals surface area contributed by atoms with Crippen LogP contribution in [-0.4, -0.2) is 44.7 Å². The summed E-state index contributed by atoms with van der Waals surface area (Å²) in [5.74, 6) is -1.16. The van der Waals surface area contributed by atoms with Gasteiger partial charge in [-0.2, -0.15) is 18.2 Å². The summed E-state index contributed by atoms with van der Waals surface area (Å²) in [5.41, 5.74) is 3.09. The molecule has 0 fully saturated rings. The lowest BCUT2D eigenvalue weighted by molar-refractivity contribution is -0.153. The molecule has 0 radical (unpaired) electrons. The smallest absolute Gasteiger partial charge is 0.422 e. The third-order valence-electron chi connectivity index (χ3n) is 6.48. The van der Waals surface area contributed by atoms with Gasteiger partial charge in [-0.05, 0) is 86.5 Å². The molecule has 2 amide bonds. The molecule has 0 aliphatic rings. The second-order valence-electron chi connectivity index (χ2n) is 11.5. The van der Waals surface area contributed by atoms with Crippen molar-refractivity contribution >= 4 is 34.8 Å². The lowest BCUT2D eigenvalue weighted by Gasteiger charge is -2.21. The Bertz CT molecular complexity index is 1860. The second-order valence-corrected chi connectivity index (χ2v) is 11.5. The number of nitrogens with one attached hydrogen (secondary N) is 3. The second kappa shape index (κ2) is 12.9. The van der Waals surface area contributed by atoms with Crippen LogP contribution in [0.2, 0.25) is 0 Å². The van der Waals surface area contributed by atoms with E-state index in [1.54, 1.807) is 57.3 Å². The zero-order chi connectivity index (χ0) is 33.1. The standard InChI is InChI=1S/C33H30F4N6O3/c1-32(2,3)41-30(45)22-8-14-26(27(17-22)46-19-33(35,36)37)39-31-40-28-15-9-23(18-43(28)42-31)21-6-12-25(13-7-21)38-29(44)16-20-4-10-24(34)11-5-20/h4-15,17-18H,16,19H2,1-3H3,(H,38,44)(H,39,42)(H,41,45). The van der Waals surface area contributed by atoms with Crippen LogP contribution in [-0.2, 0) is 11.2 Å². The van der Waals surface area contributed by atoms with Crippen LogP contribution in [0, 0.1) is 5.82 Å². The number of anilines is 3. The maximum absolute atomic E-state index is 13.1. The maximum atomic E-state index is 13.1. The van der Waals surface area contributed by atoms with Gasteiger partial charge < -0.3 is 20.7 Å². The molecule has 5 rings (SSSR count). The van der Waals surface area contributed by atoms with Crippen molar-refractivity contribution in [1.29, 1.82) is 0 Å². The van der Waals surface area contributed by atoms with E-state index in [0.29, 0.717) is 16.9 Å². The minimum Gasteiger partial charge on any atom is -0.482 e. The number of rotatable bonds is 9. The van der Waals surface area contributed by atoms with E-state index in [4.69, 9.17) is 4.74 Å². The molecule has 13 heteroatoms. The monoisotopic (exact) mass is 634 g/mol. The van der Waals surface area contributed by atoms with Gasteiger partial charge in [-0.1, -0.05) is 24.3 Å². The van der Waals surface area contributed by atoms with Gasteiger partial charge in [0.2, 0.25) is 11.9 Å². The molecular weight excluding hydrogens is 604 g/mol. The lowest BCUT2D eigenvalue weighted by Crippen LogP contribution is -2.40. The molecule has 9 nitrogen and oxygen atoms in total. The Balaban J connectivity index is 1.30. The van der Waals surface area contributed by atoms with Gasteiger partial charge >= 0.3 is 6.18 Å². The number of halogens is 4. The van der Waals surface area contributed by atoms with Crippen LogP contribution in [0.5, 0.6) is 5.75 Å². The Morgan fingerprint density at radius 1 is 0.891 bits per heavy atom. The van der Waals surface area contributed by atoms with Crippen LogP contribution in [0.15, 0.2) is 85.1 Å². The van der Waals surface area contributed by atoms with Gasteiger partial charge in [0.1, 0.15) is 11.6 Å². The van der Waals surface area contributed by atoms with Crippen molar-refractivity contribution < 1.29 is 31.9 Å². The number of amides is 2. The summed E-state index contributed by atoms with van der Waals surface area (Å²) in [6.07, 6.45) is -2.75. The molecule has 2 aromatic heterocycles. The molecule has 3 aromatic carbocycles. The van der Waals surface area contributed by atoms with Crippen molar-refractivity contribution in [2.45, 2.75) is 38.9 Å². The molecule has 0 atom stereocenters. The predicted molar refractivity (Wildman–Crippen MR) is 166 cm³/mol. The van der Waals surface area contributed by atoms with Gasteiger partial charge in [0.15, 0.2) is 12.3 Å². The van der Waals surface area contributed by atoms with E-state index in [2.05, 4.69) is 26.0 Å². The van der Waals surface area contributed by atoms with E-state index >= 15 is 0 Å². The van der Waals surface area contributed by atoms with E-state index in [9.17, 15) is 27.2 Å². The topological polar surface area (TPSA) is 110 Å². The zero-order valence-electron chi connectivity index (χ0n) is 25.1. The van der Waals surface area contributed by atoms with Gasteiger partial charge in [-0.15, -0.1) is 5.10 Å². The summed E-state index contributed by atoms with van der Waals surface area (Å²) < 4.78 is 58.6. The molecule has 0 aliphatic heterocycles. The SMILES string of the molecule is CC(C)(C)NC(=O)c1ccc(Nc2nc3ccc(-c4ccc(NC(=O)Cc5ccc(F)cc5)cc4)cn3n2)c(OCC(F)(F)F)c1. The number of carbonyl (C=O) groups is 2. The molecule has 0 spiro atoms. The Morgan fingerprint density at radius 3 is 2.26 bits per heavy atom. The normalized spacial score (nSPS) is 11.7. The maximum Gasteiger partial charge on any atom is 0.422 e. The van der Waals surface area contributed by atoms with Gasteiger partial charge in [0.05, 0.1) is 12.1 Å². The van der Waals surface area contributed by atoms with Gasteiger partial charge in [-0.25, -0.2) is 8.91 Å². The van der Waals surface area contributed by atoms with Gasteiger partial charge in [0, 0.05) is 28.6 Å². The number of benzene rings is 3. The molecule has 2 heterocycles. The number of nitrogens with zero attached hydrogens (tertiary/aromatic N) is 3. The van der Waals surface area contributed by atoms with Crippen molar-refractivity contribution in [2.75, 3.05) is 17.2 Å². The van der Waals surface area contributed by atoms with E-state index < -0.39 is 24.2 Å². The number of ether oxygens (including phenoxy) is 1. The molecule has 3 N–H and O–H groups in total. The van der Waals surface area contributed by atoms with E-state index in [1.165, 1.54) is 34.8 Å². The number of fused-ring (bicyclic) bond motifs is 1. The van der Waals surface area contributed by atoms with E-state index in [1.807, 2.05) is 18.2 Å². The van der Waals surface area contributed by atoms with Crippen LogP contribution in [0.4, 0.5) is 34.9 Å². The Labute approximate surface area is 261 Å². The fourth-order valence-corrected chi connectivity index (χ4v) is 4.42. The molecular formula is C33H30F4N6O3. The van der Waals surface area contributed by atoms with Crippen molar-refractivity contribution in [1.82, 2.24) is 19.9 Å². The number of alkyl halides is 3. The summed E-state index contributed by atoms with van der Waals surface area (Å²) >= 11 is 0. The van der Waals surface area contributed by atoms with Crippen LogP contribution in [0.1, 0.15) is 36.7 Å². The summed E-state index contributed by atoms with van der Waals surface area (Å²) in [5, 5.41) is 12.9. The van der Waals surface area contributed by atoms with Crippen LogP contribution < -0.4 is 20.7 Å². The van der Waals surface area contributed by atoms with Crippen LogP contribution >= 0.6 is 0 Å². The number of carbonyl (C=O) groups excluding carboxylic acids is 2. The van der Waals surface area contributed by atoms with Crippen molar-refractivity contribution in [3.05, 3.63) is 102 Å². The van der Waals surface area contributed by atoms with Crippen molar-refractivity contribution in [3.8, 4) is 16.9 Å². The highest BCUT2D eigenvalue weighted by Crippen LogP contribution is 2.31. The van der Waals surface area contributed by atoms with Gasteiger partial charge in [-0.3, -0.25) is 9.59 Å². The Morgan fingerprint density at radius 2 is 1.59 bits per heavy atom. The number of hydrogen-bond acceptors (Lipinski definition) is 6. The molecule has 238 valence electrons. The highest BCUT2D eigenvalue weighted by molar-refractivity contribution is 5.96. The molecule has 5 aromatic rings. The lowest BCUT2D eigenvalue weighted by atomic mass is 10.1. The first-order valence-electron chi connectivity index (χ1n) is 14.2. The Kier molecular flexibility index (Phi) is 8.94. The molecule has 0 aliphatic carbocycles. The predicted octanol–water partition coefficient (Wildman–Crippen LogP) is 6.93. The summed E-state index contributed by atoms with van der Waals surface area (Å²) in [6.45, 7) is 3.81. The van der Waals surface area contributed by atoms with Gasteiger partial charge in [0.25, 0.3) is 5.91 Å². The summed E-state index contributed by atoms with van der Waals surface area (Å²) in [4.78, 5) is 29.4. The van der Waals surface area contributed by atoms with Crippen molar-refractivity contribution in [2.24, 2.45) is 0 Å². The van der Waals surface area contributed by atoms with Crippen molar-refractivity contribution in [3.63, 3.8) is 0 Å². The first kappa shape index (κ1) is 31.9. The highest BCUT2D eigenvalue weighted by Gasteiger charge is 2.29. The molecule has 0 saturated carbocycles. The minimum absolute atomic E-state index is 0.0973. The van der Waals surface area contributed by atoms with Crippen LogP contribution in [0.3, 0.4) is 0 Å². The average Bonchev–Trinajstić information content (AvgIpc) is 3.38. The Hall–Kier alpha value is -5.46. The average molecular weight is 635 g/mol. The molecule has 0 bridgehead atoms. The largest absolute Gasteiger partial charge is 0.482 e. The van der Waals surface area contributed by atoms with E-state index in [-0.39, 0.29) is 41.1 Å². The fraction of sp³-hybridized carbons (Fsp3) is 0.212.